The van der Waals surface area contributed by atoms with E-state index in [0.29, 0.717) is 0 Å². The molecule has 1 aliphatic carbocycles. The maximum atomic E-state index is 13.4. The van der Waals surface area contributed by atoms with Gasteiger partial charge >= 0.3 is 12.1 Å². The fraction of sp³-hybridized carbons (Fsp3) is 0.500. The molecule has 1 aliphatic heterocycles. The second-order valence-electron chi connectivity index (χ2n) is 7.19. The van der Waals surface area contributed by atoms with Gasteiger partial charge in [0, 0.05) is 6.54 Å². The maximum Gasteiger partial charge on any atom is 0.449 e. The molecule has 4 rings (SSSR count). The summed E-state index contributed by atoms with van der Waals surface area (Å²) >= 11 is 0. The molecule has 1 saturated carbocycles. The first kappa shape index (κ1) is 17.8. The Balaban J connectivity index is 1.68. The molecular formula is C18H18F3N3O3. The third-order valence-corrected chi connectivity index (χ3v) is 5.67. The lowest BCUT2D eigenvalue weighted by Gasteiger charge is -2.25. The fourth-order valence-electron chi connectivity index (χ4n) is 4.56. The Hall–Kier alpha value is -2.58. The number of para-hydroxylation sites is 2. The lowest BCUT2D eigenvalue weighted by atomic mass is 9.94. The van der Waals surface area contributed by atoms with Gasteiger partial charge in [0.25, 0.3) is 0 Å². The highest BCUT2D eigenvalue weighted by Gasteiger charge is 2.49. The Morgan fingerprint density at radius 2 is 1.96 bits per heavy atom. The zero-order valence-electron chi connectivity index (χ0n) is 14.3. The van der Waals surface area contributed by atoms with Crippen LogP contribution in [0.15, 0.2) is 24.3 Å². The molecule has 2 aliphatic rings. The van der Waals surface area contributed by atoms with Crippen molar-refractivity contribution in [3.63, 3.8) is 0 Å². The van der Waals surface area contributed by atoms with Crippen LogP contribution in [0.1, 0.15) is 25.1 Å². The van der Waals surface area contributed by atoms with Crippen molar-refractivity contribution in [3.05, 3.63) is 30.1 Å². The van der Waals surface area contributed by atoms with Crippen LogP contribution in [-0.4, -0.2) is 44.0 Å². The first-order chi connectivity index (χ1) is 12.8. The molecule has 6 nitrogen and oxygen atoms in total. The molecule has 0 spiro atoms. The highest BCUT2D eigenvalue weighted by molar-refractivity contribution is 5.86. The highest BCUT2D eigenvalue weighted by atomic mass is 19.4. The lowest BCUT2D eigenvalue weighted by molar-refractivity contribution is -0.152. The molecule has 3 unspecified atom stereocenters. The first-order valence-electron chi connectivity index (χ1n) is 8.82. The van der Waals surface area contributed by atoms with Gasteiger partial charge in [-0.15, -0.1) is 0 Å². The number of hydrogen-bond donors (Lipinski definition) is 1. The normalized spacial score (nSPS) is 25.1. The molecule has 0 radical (unpaired) electrons. The van der Waals surface area contributed by atoms with Crippen LogP contribution in [0.25, 0.3) is 11.0 Å². The summed E-state index contributed by atoms with van der Waals surface area (Å²) in [7, 11) is 0. The zero-order chi connectivity index (χ0) is 19.3. The molecule has 2 fully saturated rings. The summed E-state index contributed by atoms with van der Waals surface area (Å²) in [5.41, 5.74) is 0.343. The Bertz CT molecular complexity index is 908. The Morgan fingerprint density at radius 3 is 2.67 bits per heavy atom. The van der Waals surface area contributed by atoms with Crippen molar-refractivity contribution >= 4 is 22.9 Å². The molecule has 2 heterocycles. The number of halogens is 3. The van der Waals surface area contributed by atoms with Gasteiger partial charge in [-0.1, -0.05) is 18.6 Å². The summed E-state index contributed by atoms with van der Waals surface area (Å²) in [6.45, 7) is -0.299. The van der Waals surface area contributed by atoms with E-state index in [2.05, 4.69) is 4.98 Å². The molecule has 0 bridgehead atoms. The number of amides is 1. The monoisotopic (exact) mass is 381 g/mol. The van der Waals surface area contributed by atoms with Crippen LogP contribution >= 0.6 is 0 Å². The molecule has 144 valence electrons. The number of carboxylic acid groups (broad SMARTS) is 1. The molecule has 1 N–H and O–H groups in total. The van der Waals surface area contributed by atoms with Gasteiger partial charge < -0.3 is 14.6 Å². The van der Waals surface area contributed by atoms with Crippen molar-refractivity contribution in [1.29, 1.82) is 0 Å². The van der Waals surface area contributed by atoms with Gasteiger partial charge in [0.05, 0.1) is 11.0 Å². The number of likely N-dealkylation sites (tertiary alicyclic amines) is 1. The number of carboxylic acids is 1. The third kappa shape index (κ3) is 2.94. The number of benzene rings is 1. The molecule has 9 heteroatoms. The van der Waals surface area contributed by atoms with Gasteiger partial charge in [-0.3, -0.25) is 4.79 Å². The molecule has 1 amide bonds. The molecular weight excluding hydrogens is 363 g/mol. The van der Waals surface area contributed by atoms with E-state index < -0.39 is 36.5 Å². The standard InChI is InChI=1S/C18H18F3N3O3/c19-18(20,21)17-22-12-6-1-2-7-13(12)23(17)9-14(25)24-8-10-4-3-5-11(10)15(24)16(26)27/h1-2,6-7,10-11,15H,3-5,8-9H2,(H,26,27). The summed E-state index contributed by atoms with van der Waals surface area (Å²) in [5.74, 6) is -2.87. The SMILES string of the molecule is O=C(O)C1C2CCCC2CN1C(=O)Cn1c(C(F)(F)F)nc2ccccc21. The quantitative estimate of drug-likeness (QED) is 0.887. The lowest BCUT2D eigenvalue weighted by Crippen LogP contribution is -2.44. The molecule has 1 saturated heterocycles. The van der Waals surface area contributed by atoms with Crippen molar-refractivity contribution in [2.75, 3.05) is 6.54 Å². The minimum Gasteiger partial charge on any atom is -0.480 e. The number of alkyl halides is 3. The van der Waals surface area contributed by atoms with E-state index in [1.54, 1.807) is 12.1 Å². The average Bonchev–Trinajstić information content (AvgIpc) is 3.26. The van der Waals surface area contributed by atoms with Gasteiger partial charge in [0.2, 0.25) is 11.7 Å². The minimum atomic E-state index is -4.72. The molecule has 1 aromatic carbocycles. The number of nitrogens with zero attached hydrogens (tertiary/aromatic N) is 3. The smallest absolute Gasteiger partial charge is 0.449 e. The van der Waals surface area contributed by atoms with Crippen molar-refractivity contribution < 1.29 is 27.9 Å². The van der Waals surface area contributed by atoms with Gasteiger partial charge in [-0.25, -0.2) is 9.78 Å². The van der Waals surface area contributed by atoms with E-state index in [1.165, 1.54) is 17.0 Å². The van der Waals surface area contributed by atoms with Crippen LogP contribution in [0.3, 0.4) is 0 Å². The number of hydrogen-bond acceptors (Lipinski definition) is 3. The summed E-state index contributed by atoms with van der Waals surface area (Å²) in [6, 6.07) is 5.10. The van der Waals surface area contributed by atoms with Crippen molar-refractivity contribution in [3.8, 4) is 0 Å². The van der Waals surface area contributed by atoms with Gasteiger partial charge in [-0.2, -0.15) is 13.2 Å². The van der Waals surface area contributed by atoms with Crippen LogP contribution < -0.4 is 0 Å². The van der Waals surface area contributed by atoms with Crippen LogP contribution in [0, 0.1) is 11.8 Å². The van der Waals surface area contributed by atoms with Gasteiger partial charge in [0.1, 0.15) is 12.6 Å². The Kier molecular flexibility index (Phi) is 4.12. The van der Waals surface area contributed by atoms with E-state index in [0.717, 1.165) is 23.8 Å². The maximum absolute atomic E-state index is 13.4. The zero-order valence-corrected chi connectivity index (χ0v) is 14.3. The van der Waals surface area contributed by atoms with Gasteiger partial charge in [-0.05, 0) is 36.8 Å². The number of aliphatic carboxylic acids is 1. The number of carbonyl (C=O) groups is 2. The highest BCUT2D eigenvalue weighted by Crippen LogP contribution is 2.42. The summed E-state index contributed by atoms with van der Waals surface area (Å²) < 4.78 is 41.1. The number of imidazole rings is 1. The predicted octanol–water partition coefficient (Wildman–Crippen LogP) is 2.77. The van der Waals surface area contributed by atoms with E-state index in [1.807, 2.05) is 0 Å². The molecule has 2 aromatic rings. The predicted molar refractivity (Wildman–Crippen MR) is 88.7 cm³/mol. The van der Waals surface area contributed by atoms with Crippen LogP contribution in [0.4, 0.5) is 13.2 Å². The Morgan fingerprint density at radius 1 is 1.22 bits per heavy atom. The number of aromatic nitrogens is 2. The minimum absolute atomic E-state index is 0.108. The summed E-state index contributed by atoms with van der Waals surface area (Å²) in [4.78, 5) is 29.4. The van der Waals surface area contributed by atoms with Crippen LogP contribution in [-0.2, 0) is 22.3 Å². The van der Waals surface area contributed by atoms with Crippen LogP contribution in [0.5, 0.6) is 0 Å². The molecule has 3 atom stereocenters. The van der Waals surface area contributed by atoms with E-state index in [9.17, 15) is 27.9 Å². The topological polar surface area (TPSA) is 75.4 Å². The second kappa shape index (κ2) is 6.24. The number of rotatable bonds is 3. The molecule has 27 heavy (non-hydrogen) atoms. The largest absolute Gasteiger partial charge is 0.480 e. The van der Waals surface area contributed by atoms with Crippen molar-refractivity contribution in [2.45, 2.75) is 38.0 Å². The summed E-state index contributed by atoms with van der Waals surface area (Å²) in [5, 5.41) is 9.57. The summed E-state index contributed by atoms with van der Waals surface area (Å²) in [6.07, 6.45) is -2.22. The third-order valence-electron chi connectivity index (χ3n) is 5.67. The van der Waals surface area contributed by atoms with Crippen LogP contribution in [0.2, 0.25) is 0 Å². The number of carbonyl (C=O) groups excluding carboxylic acids is 1. The first-order valence-corrected chi connectivity index (χ1v) is 8.82. The van der Waals surface area contributed by atoms with E-state index in [4.69, 9.17) is 0 Å². The molecule has 1 aromatic heterocycles. The van der Waals surface area contributed by atoms with Crippen molar-refractivity contribution in [1.82, 2.24) is 14.5 Å². The second-order valence-corrected chi connectivity index (χ2v) is 7.19. The van der Waals surface area contributed by atoms with E-state index >= 15 is 0 Å². The number of fused-ring (bicyclic) bond motifs is 2. The van der Waals surface area contributed by atoms with E-state index in [-0.39, 0.29) is 29.4 Å². The Labute approximate surface area is 152 Å². The van der Waals surface area contributed by atoms with Crippen molar-refractivity contribution in [2.24, 2.45) is 11.8 Å². The average molecular weight is 381 g/mol. The van der Waals surface area contributed by atoms with Gasteiger partial charge in [0.15, 0.2) is 0 Å². The fourth-order valence-corrected chi connectivity index (χ4v) is 4.56.